The molecule has 0 radical (unpaired) electrons. The van der Waals surface area contributed by atoms with Crippen molar-refractivity contribution in [1.29, 1.82) is 0 Å². The smallest absolute Gasteiger partial charge is 0.337 e. The van der Waals surface area contributed by atoms with E-state index in [1.165, 1.54) is 24.3 Å². The van der Waals surface area contributed by atoms with E-state index in [1.54, 1.807) is 48.5 Å². The SMILES string of the molecule is O=C(NC(Cc1ccccc1)(c1cccc(C(F)(F)F)c1)c1ccc(C(F)(F)F)cn1)c1ccccc1. The van der Waals surface area contributed by atoms with Gasteiger partial charge in [0.1, 0.15) is 5.54 Å². The Morgan fingerprint density at radius 3 is 1.84 bits per heavy atom. The van der Waals surface area contributed by atoms with Crippen LogP contribution >= 0.6 is 0 Å². The van der Waals surface area contributed by atoms with Gasteiger partial charge in [0.2, 0.25) is 0 Å². The first-order chi connectivity index (χ1) is 17.5. The quantitative estimate of drug-likeness (QED) is 0.281. The van der Waals surface area contributed by atoms with Gasteiger partial charge in [0.05, 0.1) is 16.8 Å². The number of alkyl halides is 6. The predicted octanol–water partition coefficient (Wildman–Crippen LogP) is 7.04. The predicted molar refractivity (Wildman–Crippen MR) is 126 cm³/mol. The molecule has 0 bridgehead atoms. The lowest BCUT2D eigenvalue weighted by Gasteiger charge is -2.36. The van der Waals surface area contributed by atoms with E-state index < -0.39 is 34.9 Å². The lowest BCUT2D eigenvalue weighted by Crippen LogP contribution is -2.49. The summed E-state index contributed by atoms with van der Waals surface area (Å²) in [6, 6.07) is 22.8. The van der Waals surface area contributed by atoms with Crippen LogP contribution in [0.1, 0.15) is 38.3 Å². The van der Waals surface area contributed by atoms with Crippen molar-refractivity contribution < 1.29 is 31.1 Å². The minimum atomic E-state index is -4.69. The van der Waals surface area contributed by atoms with E-state index >= 15 is 0 Å². The first-order valence-corrected chi connectivity index (χ1v) is 11.1. The van der Waals surface area contributed by atoms with Gasteiger partial charge in [-0.2, -0.15) is 26.3 Å². The Bertz CT molecular complexity index is 1350. The number of hydrogen-bond donors (Lipinski definition) is 1. The average Bonchev–Trinajstić information content (AvgIpc) is 2.88. The number of nitrogens with zero attached hydrogens (tertiary/aromatic N) is 1. The fourth-order valence-corrected chi connectivity index (χ4v) is 4.05. The highest BCUT2D eigenvalue weighted by Gasteiger charge is 2.41. The van der Waals surface area contributed by atoms with Gasteiger partial charge in [0.15, 0.2) is 0 Å². The van der Waals surface area contributed by atoms with Gasteiger partial charge in [-0.3, -0.25) is 9.78 Å². The number of aromatic nitrogens is 1. The van der Waals surface area contributed by atoms with Crippen molar-refractivity contribution in [2.24, 2.45) is 0 Å². The number of rotatable bonds is 6. The third-order valence-electron chi connectivity index (χ3n) is 5.89. The molecule has 0 aliphatic heterocycles. The number of nitrogens with one attached hydrogen (secondary N) is 1. The first kappa shape index (κ1) is 25.9. The van der Waals surface area contributed by atoms with Crippen molar-refractivity contribution in [1.82, 2.24) is 10.3 Å². The van der Waals surface area contributed by atoms with Crippen molar-refractivity contribution >= 4 is 5.91 Å². The highest BCUT2D eigenvalue weighted by molar-refractivity contribution is 5.95. The minimum absolute atomic E-state index is 0.0164. The Hall–Kier alpha value is -4.14. The molecular weight excluding hydrogens is 494 g/mol. The number of pyridine rings is 1. The van der Waals surface area contributed by atoms with Crippen LogP contribution in [-0.4, -0.2) is 10.9 Å². The molecular formula is C28H20F6N2O. The number of carbonyl (C=O) groups is 1. The Labute approximate surface area is 208 Å². The molecule has 3 nitrogen and oxygen atoms in total. The van der Waals surface area contributed by atoms with Crippen LogP contribution in [0.3, 0.4) is 0 Å². The highest BCUT2D eigenvalue weighted by Crippen LogP contribution is 2.38. The van der Waals surface area contributed by atoms with Crippen LogP contribution in [-0.2, 0) is 24.3 Å². The Morgan fingerprint density at radius 1 is 0.676 bits per heavy atom. The summed E-state index contributed by atoms with van der Waals surface area (Å²) in [6.45, 7) is 0. The summed E-state index contributed by atoms with van der Waals surface area (Å²) in [5, 5.41) is 2.81. The summed E-state index contributed by atoms with van der Waals surface area (Å²) >= 11 is 0. The number of halogens is 6. The molecule has 0 saturated carbocycles. The third kappa shape index (κ3) is 5.82. The van der Waals surface area contributed by atoms with Gasteiger partial charge < -0.3 is 5.32 Å². The second-order valence-corrected chi connectivity index (χ2v) is 8.40. The second kappa shape index (κ2) is 10.1. The molecule has 3 aromatic carbocycles. The van der Waals surface area contributed by atoms with Crippen molar-refractivity contribution in [3.8, 4) is 0 Å². The summed E-state index contributed by atoms with van der Waals surface area (Å²) in [5.41, 5.74) is -2.92. The first-order valence-electron chi connectivity index (χ1n) is 11.1. The maximum absolute atomic E-state index is 13.7. The molecule has 1 heterocycles. The molecule has 0 aliphatic carbocycles. The normalized spacial score (nSPS) is 13.6. The summed E-state index contributed by atoms with van der Waals surface area (Å²) in [6.07, 6.45) is -8.83. The summed E-state index contributed by atoms with van der Waals surface area (Å²) in [7, 11) is 0. The Kier molecular flexibility index (Phi) is 7.07. The van der Waals surface area contributed by atoms with Crippen LogP contribution in [0, 0.1) is 0 Å². The van der Waals surface area contributed by atoms with Crippen molar-refractivity contribution in [3.05, 3.63) is 137 Å². The van der Waals surface area contributed by atoms with E-state index in [2.05, 4.69) is 10.3 Å². The molecule has 9 heteroatoms. The van der Waals surface area contributed by atoms with Crippen LogP contribution in [0.25, 0.3) is 0 Å². The summed E-state index contributed by atoms with van der Waals surface area (Å²) < 4.78 is 80.8. The molecule has 1 aromatic heterocycles. The molecule has 4 rings (SSSR count). The van der Waals surface area contributed by atoms with Crippen LogP contribution in [0.5, 0.6) is 0 Å². The van der Waals surface area contributed by atoms with E-state index in [0.717, 1.165) is 24.3 Å². The van der Waals surface area contributed by atoms with E-state index in [4.69, 9.17) is 0 Å². The van der Waals surface area contributed by atoms with Crippen LogP contribution in [0.2, 0.25) is 0 Å². The molecule has 1 atom stereocenters. The largest absolute Gasteiger partial charge is 0.417 e. The highest BCUT2D eigenvalue weighted by atomic mass is 19.4. The summed E-state index contributed by atoms with van der Waals surface area (Å²) in [5.74, 6) is -0.629. The molecule has 0 saturated heterocycles. The minimum Gasteiger partial charge on any atom is -0.337 e. The van der Waals surface area contributed by atoms with E-state index in [9.17, 15) is 31.1 Å². The van der Waals surface area contributed by atoms with Crippen molar-refractivity contribution in [2.75, 3.05) is 0 Å². The Balaban J connectivity index is 1.96. The topological polar surface area (TPSA) is 42.0 Å². The van der Waals surface area contributed by atoms with Crippen molar-refractivity contribution in [2.45, 2.75) is 24.3 Å². The second-order valence-electron chi connectivity index (χ2n) is 8.40. The van der Waals surface area contributed by atoms with Crippen LogP contribution in [0.4, 0.5) is 26.3 Å². The molecule has 0 aliphatic rings. The molecule has 1 unspecified atom stereocenters. The summed E-state index contributed by atoms with van der Waals surface area (Å²) in [4.78, 5) is 17.4. The van der Waals surface area contributed by atoms with Gasteiger partial charge in [-0.15, -0.1) is 0 Å². The molecule has 37 heavy (non-hydrogen) atoms. The molecule has 190 valence electrons. The molecule has 1 N–H and O–H groups in total. The molecule has 0 fully saturated rings. The van der Waals surface area contributed by atoms with Gasteiger partial charge in [-0.25, -0.2) is 0 Å². The molecule has 1 amide bonds. The number of benzene rings is 3. The maximum Gasteiger partial charge on any atom is 0.417 e. The van der Waals surface area contributed by atoms with E-state index in [1.807, 2.05) is 0 Å². The van der Waals surface area contributed by atoms with Gasteiger partial charge in [0.25, 0.3) is 5.91 Å². The zero-order valence-corrected chi connectivity index (χ0v) is 19.1. The zero-order valence-electron chi connectivity index (χ0n) is 19.1. The van der Waals surface area contributed by atoms with Gasteiger partial charge in [0, 0.05) is 18.2 Å². The fourth-order valence-electron chi connectivity index (χ4n) is 4.05. The van der Waals surface area contributed by atoms with E-state index in [-0.39, 0.29) is 23.2 Å². The van der Waals surface area contributed by atoms with Crippen LogP contribution < -0.4 is 5.32 Å². The number of amides is 1. The standard InChI is InChI=1S/C28H20F6N2O/c29-27(30,31)22-13-7-12-21(16-22)26(17-19-8-3-1-4-9-19,36-25(37)20-10-5-2-6-11-20)24-15-14-23(18-35-24)28(32,33)34/h1-16,18H,17H2,(H,36,37). The van der Waals surface area contributed by atoms with E-state index in [0.29, 0.717) is 11.8 Å². The van der Waals surface area contributed by atoms with Gasteiger partial charge in [-0.05, 0) is 47.5 Å². The van der Waals surface area contributed by atoms with Crippen LogP contribution in [0.15, 0.2) is 103 Å². The number of hydrogen-bond acceptors (Lipinski definition) is 2. The molecule has 4 aromatic rings. The Morgan fingerprint density at radius 2 is 1.27 bits per heavy atom. The monoisotopic (exact) mass is 514 g/mol. The molecule has 0 spiro atoms. The number of carbonyl (C=O) groups excluding carboxylic acids is 1. The average molecular weight is 514 g/mol. The van der Waals surface area contributed by atoms with Gasteiger partial charge >= 0.3 is 12.4 Å². The van der Waals surface area contributed by atoms with Crippen molar-refractivity contribution in [3.63, 3.8) is 0 Å². The van der Waals surface area contributed by atoms with Gasteiger partial charge in [-0.1, -0.05) is 60.7 Å². The lowest BCUT2D eigenvalue weighted by molar-refractivity contribution is -0.138. The zero-order chi connectivity index (χ0) is 26.7. The fraction of sp³-hybridized carbons (Fsp3) is 0.143. The lowest BCUT2D eigenvalue weighted by atomic mass is 9.79. The maximum atomic E-state index is 13.7. The third-order valence-corrected chi connectivity index (χ3v) is 5.89.